The first kappa shape index (κ1) is 6.16. The number of hydrogen-bond donors (Lipinski definition) is 2. The molecule has 0 aromatic carbocycles. The number of piperidine rings is 1. The maximum Gasteiger partial charge on any atom is 0.237 e. The minimum atomic E-state index is 0.133. The molecule has 0 aromatic rings. The Kier molecular flexibility index (Phi) is 1.38. The molecule has 2 rings (SSSR count). The third-order valence-corrected chi connectivity index (χ3v) is 2.41. The molecule has 0 aliphatic carbocycles. The molecule has 2 heterocycles. The van der Waals surface area contributed by atoms with Crippen molar-refractivity contribution in [3.63, 3.8) is 0 Å². The fourth-order valence-corrected chi connectivity index (χ4v) is 1.82. The molecular weight excluding hydrogens is 128 g/mol. The minimum absolute atomic E-state index is 0.133. The molecule has 2 atom stereocenters. The van der Waals surface area contributed by atoms with Crippen molar-refractivity contribution >= 4 is 5.91 Å². The summed E-state index contributed by atoms with van der Waals surface area (Å²) < 4.78 is 0. The zero-order valence-corrected chi connectivity index (χ0v) is 5.89. The van der Waals surface area contributed by atoms with Crippen LogP contribution in [0.3, 0.4) is 0 Å². The summed E-state index contributed by atoms with van der Waals surface area (Å²) in [6.45, 7) is 1.89. The summed E-state index contributed by atoms with van der Waals surface area (Å²) in [6.07, 6.45) is 2.42. The Morgan fingerprint density at radius 1 is 1.50 bits per heavy atom. The Hall–Kier alpha value is -0.570. The molecule has 10 heavy (non-hydrogen) atoms. The molecule has 0 spiro atoms. The number of rotatable bonds is 0. The van der Waals surface area contributed by atoms with Gasteiger partial charge in [0, 0.05) is 12.5 Å². The van der Waals surface area contributed by atoms with E-state index in [1.54, 1.807) is 0 Å². The molecular formula is C7H12N2O. The van der Waals surface area contributed by atoms with E-state index in [1.807, 2.05) is 0 Å². The zero-order valence-electron chi connectivity index (χ0n) is 5.89. The van der Waals surface area contributed by atoms with Crippen LogP contribution in [0.15, 0.2) is 0 Å². The van der Waals surface area contributed by atoms with E-state index >= 15 is 0 Å². The van der Waals surface area contributed by atoms with E-state index in [4.69, 9.17) is 0 Å². The van der Waals surface area contributed by atoms with Crippen molar-refractivity contribution in [3.05, 3.63) is 0 Å². The highest BCUT2D eigenvalue weighted by Crippen LogP contribution is 2.19. The maximum absolute atomic E-state index is 11.0. The largest absolute Gasteiger partial charge is 0.354 e. The quantitative estimate of drug-likeness (QED) is 0.475. The molecule has 2 unspecified atom stereocenters. The van der Waals surface area contributed by atoms with Crippen LogP contribution < -0.4 is 10.6 Å². The highest BCUT2D eigenvalue weighted by Gasteiger charge is 2.35. The second kappa shape index (κ2) is 2.23. The molecule has 2 aliphatic heterocycles. The molecule has 2 aliphatic rings. The number of amides is 1. The van der Waals surface area contributed by atoms with E-state index in [9.17, 15) is 4.79 Å². The lowest BCUT2D eigenvalue weighted by atomic mass is 9.94. The Labute approximate surface area is 60.2 Å². The van der Waals surface area contributed by atoms with Crippen LogP contribution in [0, 0.1) is 5.92 Å². The summed E-state index contributed by atoms with van der Waals surface area (Å²) in [4.78, 5) is 11.0. The first-order chi connectivity index (χ1) is 4.88. The van der Waals surface area contributed by atoms with Crippen LogP contribution in [0.4, 0.5) is 0 Å². The Balaban J connectivity index is 2.08. The van der Waals surface area contributed by atoms with Gasteiger partial charge in [0.05, 0.1) is 6.04 Å². The lowest BCUT2D eigenvalue weighted by Gasteiger charge is -2.23. The number of carbonyl (C=O) groups excluding carboxylic acids is 1. The molecule has 0 bridgehead atoms. The lowest BCUT2D eigenvalue weighted by molar-refractivity contribution is -0.121. The van der Waals surface area contributed by atoms with E-state index in [1.165, 1.54) is 12.8 Å². The summed E-state index contributed by atoms with van der Waals surface area (Å²) in [6, 6.07) is 0.133. The van der Waals surface area contributed by atoms with Crippen LogP contribution in [-0.2, 0) is 4.79 Å². The van der Waals surface area contributed by atoms with Crippen molar-refractivity contribution in [1.82, 2.24) is 10.6 Å². The van der Waals surface area contributed by atoms with E-state index in [2.05, 4.69) is 10.6 Å². The summed E-state index contributed by atoms with van der Waals surface area (Å²) in [7, 11) is 0. The number of fused-ring (bicyclic) bond motifs is 1. The van der Waals surface area contributed by atoms with Crippen LogP contribution in [0.2, 0.25) is 0 Å². The van der Waals surface area contributed by atoms with Gasteiger partial charge in [-0.3, -0.25) is 4.79 Å². The van der Waals surface area contributed by atoms with Gasteiger partial charge in [-0.1, -0.05) is 0 Å². The third-order valence-electron chi connectivity index (χ3n) is 2.41. The topological polar surface area (TPSA) is 41.1 Å². The summed E-state index contributed by atoms with van der Waals surface area (Å²) in [5, 5.41) is 6.08. The fraction of sp³-hybridized carbons (Fsp3) is 0.857. The number of carbonyl (C=O) groups is 1. The maximum atomic E-state index is 11.0. The number of hydrogen-bond acceptors (Lipinski definition) is 2. The first-order valence-electron chi connectivity index (χ1n) is 3.89. The van der Waals surface area contributed by atoms with Crippen molar-refractivity contribution in [1.29, 1.82) is 0 Å². The average molecular weight is 140 g/mol. The summed E-state index contributed by atoms with van der Waals surface area (Å²) in [5.74, 6) is 0.769. The highest BCUT2D eigenvalue weighted by atomic mass is 16.2. The van der Waals surface area contributed by atoms with Gasteiger partial charge in [0.25, 0.3) is 0 Å². The normalized spacial score (nSPS) is 39.0. The third kappa shape index (κ3) is 0.814. The van der Waals surface area contributed by atoms with Gasteiger partial charge in [0.2, 0.25) is 5.91 Å². The fourth-order valence-electron chi connectivity index (χ4n) is 1.82. The Bertz CT molecular complexity index is 158. The van der Waals surface area contributed by atoms with Gasteiger partial charge in [-0.2, -0.15) is 0 Å². The summed E-state index contributed by atoms with van der Waals surface area (Å²) >= 11 is 0. The number of nitrogens with one attached hydrogen (secondary N) is 2. The molecule has 2 saturated heterocycles. The molecule has 2 N–H and O–H groups in total. The van der Waals surface area contributed by atoms with Crippen LogP contribution in [-0.4, -0.2) is 25.0 Å². The van der Waals surface area contributed by atoms with E-state index in [0.717, 1.165) is 13.1 Å². The highest BCUT2D eigenvalue weighted by molar-refractivity contribution is 5.84. The van der Waals surface area contributed by atoms with Crippen LogP contribution in [0.5, 0.6) is 0 Å². The molecule has 0 saturated carbocycles. The smallest absolute Gasteiger partial charge is 0.237 e. The molecule has 0 aromatic heterocycles. The Morgan fingerprint density at radius 3 is 3.20 bits per heavy atom. The predicted octanol–water partition coefficient (Wildman–Crippen LogP) is -0.516. The van der Waals surface area contributed by atoms with Crippen LogP contribution in [0.1, 0.15) is 12.8 Å². The van der Waals surface area contributed by atoms with Crippen molar-refractivity contribution in [2.75, 3.05) is 13.1 Å². The average Bonchev–Trinajstić information content (AvgIpc) is 2.34. The molecule has 1 amide bonds. The SMILES string of the molecule is O=C1NCC2CCCNC12. The van der Waals surface area contributed by atoms with Crippen molar-refractivity contribution < 1.29 is 4.79 Å². The monoisotopic (exact) mass is 140 g/mol. The van der Waals surface area contributed by atoms with Gasteiger partial charge in [-0.05, 0) is 19.4 Å². The molecule has 0 radical (unpaired) electrons. The van der Waals surface area contributed by atoms with E-state index in [0.29, 0.717) is 5.92 Å². The molecule has 2 fully saturated rings. The van der Waals surface area contributed by atoms with Crippen molar-refractivity contribution in [2.45, 2.75) is 18.9 Å². The van der Waals surface area contributed by atoms with Gasteiger partial charge in [0.15, 0.2) is 0 Å². The van der Waals surface area contributed by atoms with Crippen LogP contribution in [0.25, 0.3) is 0 Å². The standard InChI is InChI=1S/C7H12N2O/c10-7-6-5(4-9-7)2-1-3-8-6/h5-6,8H,1-4H2,(H,9,10). The summed E-state index contributed by atoms with van der Waals surface area (Å²) in [5.41, 5.74) is 0. The van der Waals surface area contributed by atoms with E-state index < -0.39 is 0 Å². The van der Waals surface area contributed by atoms with Gasteiger partial charge in [0.1, 0.15) is 0 Å². The molecule has 3 nitrogen and oxygen atoms in total. The van der Waals surface area contributed by atoms with Gasteiger partial charge < -0.3 is 10.6 Å². The molecule has 3 heteroatoms. The van der Waals surface area contributed by atoms with Crippen LogP contribution >= 0.6 is 0 Å². The second-order valence-electron chi connectivity index (χ2n) is 3.08. The lowest BCUT2D eigenvalue weighted by Crippen LogP contribution is -2.43. The van der Waals surface area contributed by atoms with Crippen molar-refractivity contribution in [2.24, 2.45) is 5.92 Å². The van der Waals surface area contributed by atoms with Gasteiger partial charge in [-0.25, -0.2) is 0 Å². The molecule has 56 valence electrons. The van der Waals surface area contributed by atoms with Gasteiger partial charge >= 0.3 is 0 Å². The van der Waals surface area contributed by atoms with E-state index in [-0.39, 0.29) is 11.9 Å². The zero-order chi connectivity index (χ0) is 6.97. The minimum Gasteiger partial charge on any atom is -0.354 e. The Morgan fingerprint density at radius 2 is 2.40 bits per heavy atom. The van der Waals surface area contributed by atoms with Gasteiger partial charge in [-0.15, -0.1) is 0 Å². The first-order valence-corrected chi connectivity index (χ1v) is 3.89. The second-order valence-corrected chi connectivity index (χ2v) is 3.08. The van der Waals surface area contributed by atoms with Crippen molar-refractivity contribution in [3.8, 4) is 0 Å². The predicted molar refractivity (Wildman–Crippen MR) is 37.5 cm³/mol.